The van der Waals surface area contributed by atoms with Gasteiger partial charge in [0.1, 0.15) is 5.82 Å². The zero-order valence-corrected chi connectivity index (χ0v) is 12.8. The molecule has 0 aliphatic heterocycles. The average Bonchev–Trinajstić information content (AvgIpc) is 2.53. The maximum atomic E-state index is 11.3. The number of hydrogen-bond donors (Lipinski definition) is 0. The van der Waals surface area contributed by atoms with Gasteiger partial charge < -0.3 is 9.64 Å². The fourth-order valence-corrected chi connectivity index (χ4v) is 2.10. The average molecular weight is 306 g/mol. The lowest BCUT2D eigenvalue weighted by Gasteiger charge is -2.26. The van der Waals surface area contributed by atoms with Crippen molar-refractivity contribution in [3.05, 3.63) is 52.9 Å². The van der Waals surface area contributed by atoms with Gasteiger partial charge in [0.05, 0.1) is 25.5 Å². The lowest BCUT2D eigenvalue weighted by Crippen LogP contribution is -2.23. The van der Waals surface area contributed by atoms with E-state index in [9.17, 15) is 4.79 Å². The van der Waals surface area contributed by atoms with Crippen LogP contribution >= 0.6 is 11.6 Å². The molecular formula is C15H16ClN3O2. The summed E-state index contributed by atoms with van der Waals surface area (Å²) in [6.45, 7) is 2.04. The Bertz CT molecular complexity index is 631. The fraction of sp³-hybridized carbons (Fsp3) is 0.267. The van der Waals surface area contributed by atoms with Crippen LogP contribution in [0.5, 0.6) is 0 Å². The second-order valence-electron chi connectivity index (χ2n) is 4.59. The number of nitrogens with zero attached hydrogens (tertiary/aromatic N) is 3. The first-order valence-corrected chi connectivity index (χ1v) is 6.79. The van der Waals surface area contributed by atoms with Gasteiger partial charge in [-0.3, -0.25) is 0 Å². The number of methoxy groups -OCH3 is 1. The number of anilines is 1. The third-order valence-corrected chi connectivity index (χ3v) is 3.54. The van der Waals surface area contributed by atoms with E-state index in [0.717, 1.165) is 5.56 Å². The summed E-state index contributed by atoms with van der Waals surface area (Å²) in [6.07, 6.45) is 2.95. The van der Waals surface area contributed by atoms with Crippen LogP contribution in [0.2, 0.25) is 5.02 Å². The summed E-state index contributed by atoms with van der Waals surface area (Å²) in [5.41, 5.74) is 1.26. The van der Waals surface area contributed by atoms with Crippen molar-refractivity contribution in [3.63, 3.8) is 0 Å². The van der Waals surface area contributed by atoms with E-state index < -0.39 is 5.97 Å². The molecule has 5 nitrogen and oxygen atoms in total. The third-order valence-electron chi connectivity index (χ3n) is 3.31. The summed E-state index contributed by atoms with van der Waals surface area (Å²) in [4.78, 5) is 21.6. The molecule has 0 saturated heterocycles. The van der Waals surface area contributed by atoms with Gasteiger partial charge in [-0.25, -0.2) is 14.8 Å². The maximum absolute atomic E-state index is 11.3. The van der Waals surface area contributed by atoms with Crippen molar-refractivity contribution in [1.29, 1.82) is 0 Å². The van der Waals surface area contributed by atoms with Crippen LogP contribution < -0.4 is 4.90 Å². The molecule has 0 saturated carbocycles. The van der Waals surface area contributed by atoms with Gasteiger partial charge in [-0.05, 0) is 24.6 Å². The first kappa shape index (κ1) is 15.3. The molecule has 6 heteroatoms. The van der Waals surface area contributed by atoms with E-state index in [2.05, 4.69) is 14.7 Å². The Hall–Kier alpha value is -2.14. The number of carbonyl (C=O) groups excluding carboxylic acids is 1. The van der Waals surface area contributed by atoms with Crippen molar-refractivity contribution in [2.24, 2.45) is 0 Å². The molecule has 1 heterocycles. The summed E-state index contributed by atoms with van der Waals surface area (Å²) in [7, 11) is 3.22. The molecule has 1 unspecified atom stereocenters. The molecule has 1 atom stereocenters. The molecule has 1 aromatic carbocycles. The molecule has 0 amide bonds. The summed E-state index contributed by atoms with van der Waals surface area (Å²) in [5.74, 6) is 0.162. The van der Waals surface area contributed by atoms with Crippen molar-refractivity contribution in [2.75, 3.05) is 19.1 Å². The minimum absolute atomic E-state index is 0.0713. The Morgan fingerprint density at radius 1 is 1.33 bits per heavy atom. The van der Waals surface area contributed by atoms with E-state index >= 15 is 0 Å². The molecule has 2 rings (SSSR count). The van der Waals surface area contributed by atoms with Gasteiger partial charge in [0, 0.05) is 12.1 Å². The Labute approximate surface area is 128 Å². The zero-order chi connectivity index (χ0) is 15.4. The number of rotatable bonds is 4. The first-order valence-electron chi connectivity index (χ1n) is 6.41. The molecule has 0 fully saturated rings. The molecule has 0 bridgehead atoms. The largest absolute Gasteiger partial charge is 0.464 e. The molecule has 0 N–H and O–H groups in total. The van der Waals surface area contributed by atoms with Crippen LogP contribution in [-0.4, -0.2) is 30.1 Å². The highest BCUT2D eigenvalue weighted by Crippen LogP contribution is 2.25. The molecule has 0 aliphatic rings. The van der Waals surface area contributed by atoms with Crippen LogP contribution in [0.15, 0.2) is 36.7 Å². The van der Waals surface area contributed by atoms with Gasteiger partial charge in [0.25, 0.3) is 0 Å². The number of benzene rings is 1. The van der Waals surface area contributed by atoms with Crippen LogP contribution in [0.4, 0.5) is 5.82 Å². The normalized spacial score (nSPS) is 11.8. The predicted octanol–water partition coefficient (Wildman–Crippen LogP) is 3.11. The second kappa shape index (κ2) is 6.54. The van der Waals surface area contributed by atoms with Crippen LogP contribution in [0, 0.1) is 0 Å². The Morgan fingerprint density at radius 2 is 2.10 bits per heavy atom. The van der Waals surface area contributed by atoms with Crippen molar-refractivity contribution in [1.82, 2.24) is 9.97 Å². The van der Waals surface area contributed by atoms with Gasteiger partial charge in [-0.2, -0.15) is 0 Å². The highest BCUT2D eigenvalue weighted by Gasteiger charge is 2.15. The van der Waals surface area contributed by atoms with E-state index in [0.29, 0.717) is 10.8 Å². The topological polar surface area (TPSA) is 55.3 Å². The minimum atomic E-state index is -0.500. The van der Waals surface area contributed by atoms with Crippen LogP contribution in [0.1, 0.15) is 29.0 Å². The van der Waals surface area contributed by atoms with Gasteiger partial charge in [-0.15, -0.1) is 0 Å². The first-order chi connectivity index (χ1) is 10.0. The fourth-order valence-electron chi connectivity index (χ4n) is 1.90. The number of halogens is 1. The summed E-state index contributed by atoms with van der Waals surface area (Å²) >= 11 is 6.01. The van der Waals surface area contributed by atoms with Gasteiger partial charge in [0.15, 0.2) is 5.69 Å². The lowest BCUT2D eigenvalue weighted by molar-refractivity contribution is 0.0593. The van der Waals surface area contributed by atoms with Crippen LogP contribution in [0.25, 0.3) is 0 Å². The van der Waals surface area contributed by atoms with E-state index in [1.165, 1.54) is 13.3 Å². The molecular weight excluding hydrogens is 290 g/mol. The summed E-state index contributed by atoms with van der Waals surface area (Å²) in [5, 5.41) is 0.694. The lowest BCUT2D eigenvalue weighted by atomic mass is 10.1. The van der Waals surface area contributed by atoms with E-state index in [-0.39, 0.29) is 11.7 Å². The van der Waals surface area contributed by atoms with E-state index in [4.69, 9.17) is 11.6 Å². The smallest absolute Gasteiger partial charge is 0.358 e. The predicted molar refractivity (Wildman–Crippen MR) is 81.6 cm³/mol. The number of aromatic nitrogens is 2. The van der Waals surface area contributed by atoms with Crippen molar-refractivity contribution in [2.45, 2.75) is 13.0 Å². The highest BCUT2D eigenvalue weighted by atomic mass is 35.5. The van der Waals surface area contributed by atoms with Gasteiger partial charge >= 0.3 is 5.97 Å². The van der Waals surface area contributed by atoms with Crippen molar-refractivity contribution >= 4 is 23.4 Å². The second-order valence-corrected chi connectivity index (χ2v) is 5.03. The SMILES string of the molecule is COC(=O)c1cnc(N(C)C(C)c2cccc(Cl)c2)cn1. The highest BCUT2D eigenvalue weighted by molar-refractivity contribution is 6.30. The van der Waals surface area contributed by atoms with E-state index in [1.54, 1.807) is 6.20 Å². The standard InChI is InChI=1S/C15H16ClN3O2/c1-10(11-5-4-6-12(16)7-11)19(2)14-9-17-13(8-18-14)15(20)21-3/h4-10H,1-3H3. The Balaban J connectivity index is 2.19. The monoisotopic (exact) mass is 305 g/mol. The Morgan fingerprint density at radius 3 is 2.67 bits per heavy atom. The third kappa shape index (κ3) is 3.49. The number of esters is 1. The molecule has 1 aromatic heterocycles. The quantitative estimate of drug-likeness (QED) is 0.812. The summed E-state index contributed by atoms with van der Waals surface area (Å²) in [6, 6.07) is 7.74. The number of carbonyl (C=O) groups is 1. The molecule has 0 aliphatic carbocycles. The van der Waals surface area contributed by atoms with Crippen LogP contribution in [-0.2, 0) is 4.74 Å². The molecule has 0 radical (unpaired) electrons. The molecule has 2 aromatic rings. The Kier molecular flexibility index (Phi) is 4.75. The van der Waals surface area contributed by atoms with Gasteiger partial charge in [-0.1, -0.05) is 23.7 Å². The summed E-state index contributed by atoms with van der Waals surface area (Å²) < 4.78 is 4.60. The molecule has 110 valence electrons. The maximum Gasteiger partial charge on any atom is 0.358 e. The molecule has 0 spiro atoms. The zero-order valence-electron chi connectivity index (χ0n) is 12.1. The van der Waals surface area contributed by atoms with Gasteiger partial charge in [0.2, 0.25) is 0 Å². The van der Waals surface area contributed by atoms with Crippen molar-refractivity contribution in [3.8, 4) is 0 Å². The van der Waals surface area contributed by atoms with Crippen molar-refractivity contribution < 1.29 is 9.53 Å². The van der Waals surface area contributed by atoms with E-state index in [1.807, 2.05) is 43.1 Å². The number of hydrogen-bond acceptors (Lipinski definition) is 5. The number of ether oxygens (including phenoxy) is 1. The molecule has 21 heavy (non-hydrogen) atoms. The van der Waals surface area contributed by atoms with Crippen LogP contribution in [0.3, 0.4) is 0 Å². The minimum Gasteiger partial charge on any atom is -0.464 e.